The Morgan fingerprint density at radius 3 is 2.07 bits per heavy atom. The molecule has 0 aliphatic carbocycles. The Labute approximate surface area is 164 Å². The van der Waals surface area contributed by atoms with Gasteiger partial charge in [-0.05, 0) is 46.2 Å². The van der Waals surface area contributed by atoms with E-state index < -0.39 is 6.29 Å². The van der Waals surface area contributed by atoms with Gasteiger partial charge in [-0.2, -0.15) is 0 Å². The summed E-state index contributed by atoms with van der Waals surface area (Å²) in [6.45, 7) is 6.57. The summed E-state index contributed by atoms with van der Waals surface area (Å²) in [6, 6.07) is 17.7. The number of fused-ring (bicyclic) bond motifs is 4. The highest BCUT2D eigenvalue weighted by molar-refractivity contribution is 6.98. The van der Waals surface area contributed by atoms with Gasteiger partial charge in [0.05, 0.1) is 0 Å². The predicted octanol–water partition coefficient (Wildman–Crippen LogP) is 2.69. The number of aliphatic hydroxyl groups is 2. The standard InChI is InChI=1S/C23H21BO4/c1-23(2,3)14-8-9-18-16(12-14)24-15-6-4-5-7-17(15)27-19-10-13(22(25)26)11-20(28-18)21(19)24/h4-12,22,25-26H,1-3H3. The van der Waals surface area contributed by atoms with Crippen molar-refractivity contribution < 1.29 is 19.7 Å². The molecule has 3 aromatic carbocycles. The van der Waals surface area contributed by atoms with Gasteiger partial charge in [-0.15, -0.1) is 0 Å². The minimum atomic E-state index is -1.59. The van der Waals surface area contributed by atoms with Gasteiger partial charge in [0.15, 0.2) is 6.29 Å². The van der Waals surface area contributed by atoms with E-state index in [1.165, 1.54) is 5.56 Å². The molecule has 0 saturated heterocycles. The summed E-state index contributed by atoms with van der Waals surface area (Å²) in [5, 5.41) is 19.4. The van der Waals surface area contributed by atoms with Gasteiger partial charge < -0.3 is 19.7 Å². The smallest absolute Gasteiger partial charge is 0.260 e. The van der Waals surface area contributed by atoms with Crippen molar-refractivity contribution >= 4 is 23.1 Å². The third-order valence-electron chi connectivity index (χ3n) is 5.57. The Kier molecular flexibility index (Phi) is 3.64. The monoisotopic (exact) mass is 372 g/mol. The van der Waals surface area contributed by atoms with Crippen LogP contribution in [0.1, 0.15) is 38.2 Å². The van der Waals surface area contributed by atoms with Crippen molar-refractivity contribution in [2.45, 2.75) is 32.5 Å². The SMILES string of the molecule is CC(C)(C)c1ccc2c(c1)B1c3ccccc3Oc3cc(C(O)O)cc(c31)O2. The number of hydrogen-bond acceptors (Lipinski definition) is 4. The summed E-state index contributed by atoms with van der Waals surface area (Å²) in [4.78, 5) is 0. The third kappa shape index (κ3) is 2.54. The third-order valence-corrected chi connectivity index (χ3v) is 5.57. The summed E-state index contributed by atoms with van der Waals surface area (Å²) in [6.07, 6.45) is -1.59. The van der Waals surface area contributed by atoms with Crippen LogP contribution in [0.3, 0.4) is 0 Å². The summed E-state index contributed by atoms with van der Waals surface area (Å²) in [5.41, 5.74) is 4.74. The molecule has 0 fully saturated rings. The molecular formula is C23H21BO4. The van der Waals surface area contributed by atoms with Crippen LogP contribution in [-0.2, 0) is 5.41 Å². The van der Waals surface area contributed by atoms with Gasteiger partial charge in [-0.3, -0.25) is 0 Å². The molecule has 0 aromatic heterocycles. The van der Waals surface area contributed by atoms with E-state index in [2.05, 4.69) is 39.0 Å². The molecule has 2 aliphatic rings. The fourth-order valence-electron chi connectivity index (χ4n) is 4.08. The van der Waals surface area contributed by atoms with Gasteiger partial charge in [0.2, 0.25) is 0 Å². The van der Waals surface area contributed by atoms with E-state index in [1.807, 2.05) is 24.3 Å². The van der Waals surface area contributed by atoms with Crippen molar-refractivity contribution in [3.8, 4) is 23.0 Å². The van der Waals surface area contributed by atoms with Crippen LogP contribution in [0.5, 0.6) is 23.0 Å². The van der Waals surface area contributed by atoms with Crippen molar-refractivity contribution in [3.63, 3.8) is 0 Å². The molecule has 2 N–H and O–H groups in total. The molecule has 0 spiro atoms. The zero-order valence-corrected chi connectivity index (χ0v) is 16.1. The van der Waals surface area contributed by atoms with Crippen LogP contribution in [0.2, 0.25) is 0 Å². The number of para-hydroxylation sites is 1. The van der Waals surface area contributed by atoms with Crippen LogP contribution in [0, 0.1) is 0 Å². The predicted molar refractivity (Wildman–Crippen MR) is 110 cm³/mol. The van der Waals surface area contributed by atoms with E-state index in [0.717, 1.165) is 27.9 Å². The molecule has 28 heavy (non-hydrogen) atoms. The second-order valence-corrected chi connectivity index (χ2v) is 8.48. The van der Waals surface area contributed by atoms with E-state index in [9.17, 15) is 10.2 Å². The molecule has 3 aromatic rings. The molecule has 140 valence electrons. The minimum Gasteiger partial charge on any atom is -0.458 e. The summed E-state index contributed by atoms with van der Waals surface area (Å²) < 4.78 is 12.3. The van der Waals surface area contributed by atoms with Gasteiger partial charge in [0, 0.05) is 11.0 Å². The maximum absolute atomic E-state index is 9.69. The Balaban J connectivity index is 1.79. The molecule has 5 heteroatoms. The molecule has 4 nitrogen and oxygen atoms in total. The second-order valence-electron chi connectivity index (χ2n) is 8.48. The lowest BCUT2D eigenvalue weighted by Crippen LogP contribution is -2.57. The zero-order valence-electron chi connectivity index (χ0n) is 16.1. The van der Waals surface area contributed by atoms with E-state index in [4.69, 9.17) is 9.47 Å². The van der Waals surface area contributed by atoms with Crippen molar-refractivity contribution in [1.29, 1.82) is 0 Å². The lowest BCUT2D eigenvalue weighted by Gasteiger charge is -2.34. The topological polar surface area (TPSA) is 58.9 Å². The van der Waals surface area contributed by atoms with Crippen LogP contribution in [0.4, 0.5) is 0 Å². The maximum atomic E-state index is 9.69. The van der Waals surface area contributed by atoms with Gasteiger partial charge in [0.1, 0.15) is 23.0 Å². The van der Waals surface area contributed by atoms with Crippen LogP contribution in [0.15, 0.2) is 54.6 Å². The van der Waals surface area contributed by atoms with Crippen LogP contribution in [-0.4, -0.2) is 16.9 Å². The highest BCUT2D eigenvalue weighted by Crippen LogP contribution is 2.37. The number of aliphatic hydroxyl groups excluding tert-OH is 1. The molecule has 0 unspecified atom stereocenters. The normalized spacial score (nSPS) is 14.0. The summed E-state index contributed by atoms with van der Waals surface area (Å²) in [5.74, 6) is 2.79. The van der Waals surface area contributed by atoms with Crippen LogP contribution >= 0.6 is 0 Å². The Morgan fingerprint density at radius 1 is 0.786 bits per heavy atom. The molecule has 2 aliphatic heterocycles. The number of ether oxygens (including phenoxy) is 2. The molecule has 0 amide bonds. The first-order chi connectivity index (χ1) is 13.3. The fraction of sp³-hybridized carbons (Fsp3) is 0.217. The first-order valence-corrected chi connectivity index (χ1v) is 9.46. The minimum absolute atomic E-state index is 0.0215. The second kappa shape index (κ2) is 5.87. The van der Waals surface area contributed by atoms with Crippen molar-refractivity contribution in [1.82, 2.24) is 0 Å². The number of hydrogen-bond donors (Lipinski definition) is 2. The fourth-order valence-corrected chi connectivity index (χ4v) is 4.08. The van der Waals surface area contributed by atoms with E-state index >= 15 is 0 Å². The van der Waals surface area contributed by atoms with Gasteiger partial charge in [-0.25, -0.2) is 0 Å². The number of rotatable bonds is 1. The van der Waals surface area contributed by atoms with Crippen molar-refractivity contribution in [2.75, 3.05) is 0 Å². The largest absolute Gasteiger partial charge is 0.458 e. The summed E-state index contributed by atoms with van der Waals surface area (Å²) >= 11 is 0. The van der Waals surface area contributed by atoms with Gasteiger partial charge >= 0.3 is 0 Å². The molecule has 0 saturated carbocycles. The van der Waals surface area contributed by atoms with E-state index in [-0.39, 0.29) is 12.1 Å². The lowest BCUT2D eigenvalue weighted by molar-refractivity contribution is -0.0426. The van der Waals surface area contributed by atoms with Gasteiger partial charge in [-0.1, -0.05) is 51.1 Å². The Bertz CT molecular complexity index is 1080. The number of benzene rings is 3. The lowest BCUT2D eigenvalue weighted by atomic mass is 9.34. The van der Waals surface area contributed by atoms with Crippen molar-refractivity contribution in [3.05, 3.63) is 65.7 Å². The first kappa shape index (κ1) is 17.4. The molecule has 0 radical (unpaired) electrons. The summed E-state index contributed by atoms with van der Waals surface area (Å²) in [7, 11) is 0. The first-order valence-electron chi connectivity index (χ1n) is 9.46. The average molecular weight is 372 g/mol. The maximum Gasteiger partial charge on any atom is 0.260 e. The molecular weight excluding hydrogens is 351 g/mol. The van der Waals surface area contributed by atoms with E-state index in [1.54, 1.807) is 12.1 Å². The average Bonchev–Trinajstić information content (AvgIpc) is 2.66. The molecule has 0 atom stereocenters. The van der Waals surface area contributed by atoms with Crippen LogP contribution in [0.25, 0.3) is 0 Å². The molecule has 2 heterocycles. The Hall–Kier alpha value is -2.76. The van der Waals surface area contributed by atoms with Crippen LogP contribution < -0.4 is 25.9 Å². The highest BCUT2D eigenvalue weighted by Gasteiger charge is 2.40. The molecule has 0 bridgehead atoms. The highest BCUT2D eigenvalue weighted by atomic mass is 16.5. The Morgan fingerprint density at radius 2 is 1.43 bits per heavy atom. The van der Waals surface area contributed by atoms with Crippen molar-refractivity contribution in [2.24, 2.45) is 0 Å². The van der Waals surface area contributed by atoms with E-state index in [0.29, 0.717) is 17.1 Å². The van der Waals surface area contributed by atoms with Gasteiger partial charge in [0.25, 0.3) is 6.71 Å². The quantitative estimate of drug-likeness (QED) is 0.351. The molecule has 5 rings (SSSR count). The zero-order chi connectivity index (χ0) is 19.6.